The van der Waals surface area contributed by atoms with Crippen LogP contribution in [0.3, 0.4) is 0 Å². The monoisotopic (exact) mass is 994 g/mol. The van der Waals surface area contributed by atoms with Gasteiger partial charge in [-0.1, -0.05) is 148 Å². The van der Waals surface area contributed by atoms with Crippen LogP contribution in [0.1, 0.15) is 117 Å². The van der Waals surface area contributed by atoms with Crippen molar-refractivity contribution in [2.45, 2.75) is 135 Å². The van der Waals surface area contributed by atoms with Crippen LogP contribution in [-0.2, 0) is 46.3 Å². The predicted octanol–water partition coefficient (Wildman–Crippen LogP) is 10.8. The number of hydrogen-bond donors (Lipinski definition) is 5. The van der Waals surface area contributed by atoms with Crippen molar-refractivity contribution in [1.82, 2.24) is 0 Å². The molecule has 0 spiro atoms. The number of aliphatic hydroxyl groups excluding tert-OH is 3. The fourth-order valence-corrected chi connectivity index (χ4v) is 6.63. The highest BCUT2D eigenvalue weighted by Gasteiger charge is 2.28. The van der Waals surface area contributed by atoms with Crippen molar-refractivity contribution < 1.29 is 71.4 Å². The van der Waals surface area contributed by atoms with Gasteiger partial charge in [0, 0.05) is 12.8 Å². The first-order valence-electron chi connectivity index (χ1n) is 23.5. The van der Waals surface area contributed by atoms with E-state index in [1.54, 1.807) is 0 Å². The highest BCUT2D eigenvalue weighted by atomic mass is 31.2. The van der Waals surface area contributed by atoms with Crippen LogP contribution in [0.5, 0.6) is 0 Å². The Labute approximate surface area is 405 Å². The average molecular weight is 995 g/mol. The quantitative estimate of drug-likeness (QED) is 0.0166. The van der Waals surface area contributed by atoms with Gasteiger partial charge in [-0.05, 0) is 89.9 Å². The van der Waals surface area contributed by atoms with Crippen molar-refractivity contribution in [3.05, 3.63) is 134 Å². The third kappa shape index (κ3) is 47.3. The Balaban J connectivity index is 4.05. The number of esters is 2. The molecule has 17 heteroatoms. The minimum absolute atomic E-state index is 0.0625. The van der Waals surface area contributed by atoms with Crippen LogP contribution >= 0.6 is 15.6 Å². The minimum atomic E-state index is -4.82. The highest BCUT2D eigenvalue weighted by Crippen LogP contribution is 2.45. The summed E-state index contributed by atoms with van der Waals surface area (Å²) in [7, 11) is -9.63. The largest absolute Gasteiger partial charge is 0.472 e. The average Bonchev–Trinajstić information content (AvgIpc) is 3.31. The minimum Gasteiger partial charge on any atom is -0.463 e. The maximum atomic E-state index is 12.2. The van der Waals surface area contributed by atoms with E-state index < -0.39 is 85.5 Å². The molecule has 0 aromatic carbocycles. The van der Waals surface area contributed by atoms with Gasteiger partial charge < -0.3 is 34.6 Å². The van der Waals surface area contributed by atoms with E-state index in [0.717, 1.165) is 64.2 Å². The van der Waals surface area contributed by atoms with Crippen LogP contribution in [0, 0.1) is 0 Å². The highest BCUT2D eigenvalue weighted by molar-refractivity contribution is 7.47. The van der Waals surface area contributed by atoms with E-state index in [0.29, 0.717) is 25.7 Å². The first kappa shape index (κ1) is 64.2. The van der Waals surface area contributed by atoms with Crippen LogP contribution in [0.15, 0.2) is 134 Å². The zero-order valence-corrected chi connectivity index (χ0v) is 42.0. The first-order chi connectivity index (χ1) is 32.8. The van der Waals surface area contributed by atoms with Crippen LogP contribution in [0.4, 0.5) is 0 Å². The third-order valence-corrected chi connectivity index (χ3v) is 10.5. The molecule has 68 heavy (non-hydrogen) atoms. The normalized spacial score (nSPS) is 16.2. The molecule has 0 aromatic rings. The van der Waals surface area contributed by atoms with E-state index in [-0.39, 0.29) is 12.8 Å². The molecule has 0 fully saturated rings. The van der Waals surface area contributed by atoms with Crippen molar-refractivity contribution >= 4 is 27.6 Å². The molecule has 0 aliphatic carbocycles. The van der Waals surface area contributed by atoms with Gasteiger partial charge in [0.1, 0.15) is 31.5 Å². The molecule has 5 atom stereocenters. The Kier molecular flexibility index (Phi) is 43.1. The molecule has 0 rings (SSSR count). The number of rotatable bonds is 43. The Hall–Kier alpha value is -3.82. The topological polar surface area (TPSA) is 225 Å². The predicted molar refractivity (Wildman–Crippen MR) is 269 cm³/mol. The van der Waals surface area contributed by atoms with Crippen LogP contribution < -0.4 is 0 Å². The molecule has 0 saturated heterocycles. The molecule has 0 saturated carbocycles. The van der Waals surface area contributed by atoms with Crippen molar-refractivity contribution in [2.75, 3.05) is 39.6 Å². The Bertz CT molecular complexity index is 1720. The number of aliphatic hydroxyl groups is 3. The third-order valence-electron chi connectivity index (χ3n) is 8.61. The number of carbonyl (C=O) groups is 2. The number of allylic oxidation sites excluding steroid dienone is 22. The summed E-state index contributed by atoms with van der Waals surface area (Å²) >= 11 is 0. The van der Waals surface area contributed by atoms with Crippen LogP contribution in [0.25, 0.3) is 0 Å². The van der Waals surface area contributed by atoms with E-state index in [4.69, 9.17) is 9.47 Å². The molecule has 0 bridgehead atoms. The van der Waals surface area contributed by atoms with Crippen LogP contribution in [-0.4, -0.2) is 95.0 Å². The molecule has 5 unspecified atom stereocenters. The molecule has 0 aliphatic heterocycles. The maximum absolute atomic E-state index is 12.2. The van der Waals surface area contributed by atoms with E-state index >= 15 is 0 Å². The summed E-state index contributed by atoms with van der Waals surface area (Å²) in [5.41, 5.74) is 0. The van der Waals surface area contributed by atoms with Gasteiger partial charge in [-0.3, -0.25) is 27.7 Å². The standard InChI is InChI=1S/C51H80O15P2/c1-3-5-7-9-11-13-15-17-19-21-22-24-26-28-30-32-34-36-38-40-51(56)62-42-48(53)44-64-68(59,60)66-46-49(54)45-65-67(57,58)63-43-47(52)41-61-50(55)39-37-35-33-31-29-27-25-23-20-18-16-14-12-10-8-6-4-2/h5-8,11-14,17-20,22,24-25,27-28,30-31,33-34,36,47-49,52-54H,3-4,9-10,15-16,21,23,26,29,32,35,37-46H2,1-2H3,(H,57,58)(H,59,60)/b7-5-,8-6-,13-11-,14-12-,19-17-,20-18-,24-22-,27-25-,30-28-,33-31-,36-34-. The van der Waals surface area contributed by atoms with E-state index in [1.165, 1.54) is 0 Å². The lowest BCUT2D eigenvalue weighted by molar-refractivity contribution is -0.148. The lowest BCUT2D eigenvalue weighted by atomic mass is 10.2. The second-order valence-electron chi connectivity index (χ2n) is 15.0. The van der Waals surface area contributed by atoms with Crippen molar-refractivity contribution in [2.24, 2.45) is 0 Å². The first-order valence-corrected chi connectivity index (χ1v) is 26.5. The number of ether oxygens (including phenoxy) is 2. The number of unbranched alkanes of at least 4 members (excludes halogenated alkanes) is 1. The number of phosphoric acid groups is 2. The Morgan fingerprint density at radius 2 is 0.632 bits per heavy atom. The number of carbonyl (C=O) groups excluding carboxylic acids is 2. The number of phosphoric ester groups is 2. The molecule has 0 aliphatic rings. The van der Waals surface area contributed by atoms with Gasteiger partial charge in [-0.15, -0.1) is 0 Å². The Morgan fingerprint density at radius 3 is 0.941 bits per heavy atom. The summed E-state index contributed by atoms with van der Waals surface area (Å²) in [5, 5.41) is 30.0. The smallest absolute Gasteiger partial charge is 0.463 e. The van der Waals surface area contributed by atoms with E-state index in [2.05, 4.69) is 135 Å². The summed E-state index contributed by atoms with van der Waals surface area (Å²) in [6.45, 7) is -0.0159. The van der Waals surface area contributed by atoms with Gasteiger partial charge in [0.15, 0.2) is 0 Å². The summed E-state index contributed by atoms with van der Waals surface area (Å²) in [6.07, 6.45) is 53.2. The molecule has 5 N–H and O–H groups in total. The van der Waals surface area contributed by atoms with Gasteiger partial charge in [0.2, 0.25) is 0 Å². The molecule has 384 valence electrons. The van der Waals surface area contributed by atoms with Gasteiger partial charge in [0.05, 0.1) is 26.4 Å². The molecule has 0 heterocycles. The Morgan fingerprint density at radius 1 is 0.382 bits per heavy atom. The second-order valence-corrected chi connectivity index (χ2v) is 17.9. The lowest BCUT2D eigenvalue weighted by Crippen LogP contribution is -2.25. The number of hydrogen-bond acceptors (Lipinski definition) is 13. The van der Waals surface area contributed by atoms with Gasteiger partial charge in [0.25, 0.3) is 0 Å². The fraction of sp³-hybridized carbons (Fsp3) is 0.529. The van der Waals surface area contributed by atoms with Crippen molar-refractivity contribution in [3.8, 4) is 0 Å². The van der Waals surface area contributed by atoms with Crippen LogP contribution in [0.2, 0.25) is 0 Å². The lowest BCUT2D eigenvalue weighted by Gasteiger charge is -2.19. The van der Waals surface area contributed by atoms with Gasteiger partial charge >= 0.3 is 27.6 Å². The summed E-state index contributed by atoms with van der Waals surface area (Å²) in [4.78, 5) is 43.7. The molecular formula is C51H80O15P2. The zero-order chi connectivity index (χ0) is 50.2. The summed E-state index contributed by atoms with van der Waals surface area (Å²) < 4.78 is 52.8. The zero-order valence-electron chi connectivity index (χ0n) is 40.2. The second kappa shape index (κ2) is 45.6. The molecule has 0 amide bonds. The summed E-state index contributed by atoms with van der Waals surface area (Å²) in [6, 6.07) is 0. The van der Waals surface area contributed by atoms with E-state index in [9.17, 15) is 43.8 Å². The summed E-state index contributed by atoms with van der Waals surface area (Å²) in [5.74, 6) is -1.15. The van der Waals surface area contributed by atoms with Crippen molar-refractivity contribution in [1.29, 1.82) is 0 Å². The van der Waals surface area contributed by atoms with E-state index in [1.807, 2.05) is 30.4 Å². The molecule has 0 aromatic heterocycles. The van der Waals surface area contributed by atoms with Gasteiger partial charge in [-0.25, -0.2) is 9.13 Å². The maximum Gasteiger partial charge on any atom is 0.472 e. The molecule has 15 nitrogen and oxygen atoms in total. The van der Waals surface area contributed by atoms with Gasteiger partial charge in [-0.2, -0.15) is 0 Å². The SMILES string of the molecule is CC/C=C\C/C=C\C/C=C\C/C=C\C/C=C\C/C=C\CCC(=O)OCC(O)COP(=O)(O)OCC(O)COP(=O)(O)OCC(O)COC(=O)CCC/C=C\C/C=C\C/C=C\C/C=C\C/C=C\CC. The molecule has 0 radical (unpaired) electrons. The molecular weight excluding hydrogens is 914 g/mol. The van der Waals surface area contributed by atoms with Crippen molar-refractivity contribution in [3.63, 3.8) is 0 Å². The fourth-order valence-electron chi connectivity index (χ4n) is 5.04.